The second kappa shape index (κ2) is 5.47. The highest BCUT2D eigenvalue weighted by molar-refractivity contribution is 5.25. The van der Waals surface area contributed by atoms with Crippen molar-refractivity contribution in [3.05, 3.63) is 33.7 Å². The number of aromatic nitrogens is 1. The Morgan fingerprint density at radius 1 is 1.21 bits per heavy atom. The second-order valence-corrected chi connectivity index (χ2v) is 5.85. The summed E-state index contributed by atoms with van der Waals surface area (Å²) in [6.07, 6.45) is 5.47. The van der Waals surface area contributed by atoms with Gasteiger partial charge < -0.3 is 15.2 Å². The highest BCUT2D eigenvalue weighted by Crippen LogP contribution is 2.19. The SMILES string of the molecule is N[C@@H]1CCc2c(ccc(=O)n2CCN2CCCC2)C1. The molecule has 0 amide bonds. The Balaban J connectivity index is 1.79. The van der Waals surface area contributed by atoms with Crippen LogP contribution < -0.4 is 11.3 Å². The van der Waals surface area contributed by atoms with Gasteiger partial charge in [0.25, 0.3) is 5.56 Å². The van der Waals surface area contributed by atoms with Crippen molar-refractivity contribution in [1.82, 2.24) is 9.47 Å². The largest absolute Gasteiger partial charge is 0.327 e. The minimum Gasteiger partial charge on any atom is -0.327 e. The molecule has 0 bridgehead atoms. The Kier molecular flexibility index (Phi) is 3.71. The van der Waals surface area contributed by atoms with Crippen LogP contribution in [0.4, 0.5) is 0 Å². The Labute approximate surface area is 114 Å². The fourth-order valence-corrected chi connectivity index (χ4v) is 3.35. The van der Waals surface area contributed by atoms with Crippen LogP contribution in [0.5, 0.6) is 0 Å². The third-order valence-electron chi connectivity index (χ3n) is 4.46. The summed E-state index contributed by atoms with van der Waals surface area (Å²) >= 11 is 0. The summed E-state index contributed by atoms with van der Waals surface area (Å²) in [4.78, 5) is 14.5. The molecule has 1 saturated heterocycles. The molecule has 104 valence electrons. The fraction of sp³-hybridized carbons (Fsp3) is 0.667. The summed E-state index contributed by atoms with van der Waals surface area (Å²) in [6.45, 7) is 4.21. The highest BCUT2D eigenvalue weighted by Gasteiger charge is 2.19. The zero-order valence-electron chi connectivity index (χ0n) is 11.5. The van der Waals surface area contributed by atoms with Gasteiger partial charge in [-0.3, -0.25) is 4.79 Å². The van der Waals surface area contributed by atoms with E-state index in [0.717, 1.165) is 32.4 Å². The summed E-state index contributed by atoms with van der Waals surface area (Å²) in [5.74, 6) is 0. The van der Waals surface area contributed by atoms with Crippen molar-refractivity contribution in [3.63, 3.8) is 0 Å². The summed E-state index contributed by atoms with van der Waals surface area (Å²) in [6, 6.07) is 3.95. The predicted molar refractivity (Wildman–Crippen MR) is 76.4 cm³/mol. The third kappa shape index (κ3) is 2.74. The number of hydrogen-bond donors (Lipinski definition) is 1. The number of pyridine rings is 1. The quantitative estimate of drug-likeness (QED) is 0.874. The van der Waals surface area contributed by atoms with Crippen LogP contribution in [0.3, 0.4) is 0 Å². The van der Waals surface area contributed by atoms with E-state index in [9.17, 15) is 4.79 Å². The lowest BCUT2D eigenvalue weighted by Gasteiger charge is -2.25. The Morgan fingerprint density at radius 3 is 2.79 bits per heavy atom. The molecule has 0 spiro atoms. The standard InChI is InChI=1S/C15H23N3O/c16-13-4-5-14-12(11-13)3-6-15(19)18(14)10-9-17-7-1-2-8-17/h3,6,13H,1-2,4-5,7-11,16H2/t13-/m1/s1. The van der Waals surface area contributed by atoms with Gasteiger partial charge in [0.2, 0.25) is 0 Å². The minimum absolute atomic E-state index is 0.147. The molecular formula is C15H23N3O. The smallest absolute Gasteiger partial charge is 0.250 e. The van der Waals surface area contributed by atoms with Crippen molar-refractivity contribution in [2.75, 3.05) is 19.6 Å². The molecular weight excluding hydrogens is 238 g/mol. The number of fused-ring (bicyclic) bond motifs is 1. The first kappa shape index (κ1) is 12.9. The van der Waals surface area contributed by atoms with Gasteiger partial charge in [-0.2, -0.15) is 0 Å². The van der Waals surface area contributed by atoms with E-state index in [0.29, 0.717) is 0 Å². The molecule has 0 saturated carbocycles. The van der Waals surface area contributed by atoms with Gasteiger partial charge in [0.05, 0.1) is 0 Å². The maximum absolute atomic E-state index is 12.1. The van der Waals surface area contributed by atoms with E-state index in [4.69, 9.17) is 5.73 Å². The maximum atomic E-state index is 12.1. The van der Waals surface area contributed by atoms with E-state index in [1.54, 1.807) is 6.07 Å². The molecule has 2 aliphatic rings. The molecule has 0 unspecified atom stereocenters. The third-order valence-corrected chi connectivity index (χ3v) is 4.46. The van der Waals surface area contributed by atoms with Gasteiger partial charge >= 0.3 is 0 Å². The number of rotatable bonds is 3. The first-order valence-corrected chi connectivity index (χ1v) is 7.43. The number of likely N-dealkylation sites (tertiary alicyclic amines) is 1. The molecule has 0 aromatic carbocycles. The van der Waals surface area contributed by atoms with E-state index < -0.39 is 0 Å². The van der Waals surface area contributed by atoms with Crippen molar-refractivity contribution in [2.24, 2.45) is 5.73 Å². The predicted octanol–water partition coefficient (Wildman–Crippen LogP) is 0.760. The number of nitrogens with zero attached hydrogens (tertiary/aromatic N) is 2. The van der Waals surface area contributed by atoms with Crippen LogP contribution in [0.25, 0.3) is 0 Å². The molecule has 1 aliphatic heterocycles. The first-order chi connectivity index (χ1) is 9.24. The van der Waals surface area contributed by atoms with Gasteiger partial charge in [-0.15, -0.1) is 0 Å². The van der Waals surface area contributed by atoms with Crippen LogP contribution in [0, 0.1) is 0 Å². The molecule has 1 fully saturated rings. The second-order valence-electron chi connectivity index (χ2n) is 5.85. The van der Waals surface area contributed by atoms with Crippen molar-refractivity contribution in [1.29, 1.82) is 0 Å². The van der Waals surface area contributed by atoms with Gasteiger partial charge in [-0.05, 0) is 50.8 Å². The molecule has 0 radical (unpaired) electrons. The molecule has 3 rings (SSSR count). The fourth-order valence-electron chi connectivity index (χ4n) is 3.35. The molecule has 1 aromatic rings. The van der Waals surface area contributed by atoms with Crippen LogP contribution in [-0.2, 0) is 19.4 Å². The lowest BCUT2D eigenvalue weighted by molar-refractivity contribution is 0.317. The van der Waals surface area contributed by atoms with Crippen LogP contribution in [-0.4, -0.2) is 35.1 Å². The zero-order chi connectivity index (χ0) is 13.2. The summed E-state index contributed by atoms with van der Waals surface area (Å²) in [5, 5.41) is 0. The van der Waals surface area contributed by atoms with Gasteiger partial charge in [-0.25, -0.2) is 0 Å². The summed E-state index contributed by atoms with van der Waals surface area (Å²) in [5.41, 5.74) is 8.67. The molecule has 2 N–H and O–H groups in total. The van der Waals surface area contributed by atoms with Gasteiger partial charge in [0, 0.05) is 30.9 Å². The first-order valence-electron chi connectivity index (χ1n) is 7.43. The number of nitrogens with two attached hydrogens (primary N) is 1. The molecule has 4 heteroatoms. The molecule has 1 atom stereocenters. The normalized spacial score (nSPS) is 23.5. The minimum atomic E-state index is 0.147. The molecule has 4 nitrogen and oxygen atoms in total. The van der Waals surface area contributed by atoms with E-state index >= 15 is 0 Å². The monoisotopic (exact) mass is 261 g/mol. The van der Waals surface area contributed by atoms with E-state index in [-0.39, 0.29) is 11.6 Å². The van der Waals surface area contributed by atoms with Crippen molar-refractivity contribution in [2.45, 2.75) is 44.7 Å². The molecule has 19 heavy (non-hydrogen) atoms. The Morgan fingerprint density at radius 2 is 2.00 bits per heavy atom. The van der Waals surface area contributed by atoms with E-state index in [2.05, 4.69) is 4.90 Å². The van der Waals surface area contributed by atoms with Crippen molar-refractivity contribution >= 4 is 0 Å². The highest BCUT2D eigenvalue weighted by atomic mass is 16.1. The molecule has 1 aromatic heterocycles. The molecule has 2 heterocycles. The van der Waals surface area contributed by atoms with Crippen molar-refractivity contribution in [3.8, 4) is 0 Å². The van der Waals surface area contributed by atoms with Gasteiger partial charge in [0.15, 0.2) is 0 Å². The lowest BCUT2D eigenvalue weighted by Crippen LogP contribution is -2.35. The van der Waals surface area contributed by atoms with Gasteiger partial charge in [0.1, 0.15) is 0 Å². The topological polar surface area (TPSA) is 51.3 Å². The lowest BCUT2D eigenvalue weighted by atomic mass is 9.92. The summed E-state index contributed by atoms with van der Waals surface area (Å²) < 4.78 is 1.99. The van der Waals surface area contributed by atoms with Crippen LogP contribution in [0.15, 0.2) is 16.9 Å². The molecule has 1 aliphatic carbocycles. The number of hydrogen-bond acceptors (Lipinski definition) is 3. The maximum Gasteiger partial charge on any atom is 0.250 e. The zero-order valence-corrected chi connectivity index (χ0v) is 11.5. The Bertz CT molecular complexity index is 503. The van der Waals surface area contributed by atoms with E-state index in [1.165, 1.54) is 37.2 Å². The van der Waals surface area contributed by atoms with Crippen molar-refractivity contribution < 1.29 is 0 Å². The van der Waals surface area contributed by atoms with E-state index in [1.807, 2.05) is 10.6 Å². The van der Waals surface area contributed by atoms with Crippen LogP contribution >= 0.6 is 0 Å². The average Bonchev–Trinajstić information content (AvgIpc) is 2.91. The Hall–Kier alpha value is -1.13. The summed E-state index contributed by atoms with van der Waals surface area (Å²) in [7, 11) is 0. The average molecular weight is 261 g/mol. The van der Waals surface area contributed by atoms with Crippen LogP contribution in [0.2, 0.25) is 0 Å². The van der Waals surface area contributed by atoms with Gasteiger partial charge in [-0.1, -0.05) is 6.07 Å². The van der Waals surface area contributed by atoms with Crippen LogP contribution in [0.1, 0.15) is 30.5 Å².